The first-order valence-corrected chi connectivity index (χ1v) is 9.33. The Morgan fingerprint density at radius 2 is 2.14 bits per heavy atom. The summed E-state index contributed by atoms with van der Waals surface area (Å²) < 4.78 is 7.73. The molecule has 0 fully saturated rings. The van der Waals surface area contributed by atoms with Gasteiger partial charge in [-0.15, -0.1) is 0 Å². The standard InChI is InChI=1S/C21H22N6O/c1-12-7-8-14-5-4-6-16-19(18(10-22)27(3)26-16)17-11-24-20(23)21(25-17)28-13(2)15(14)9-12/h7-9,11,13H,4-6H2,1-3H3,(H2,23,24)/t13-/m1/s1. The van der Waals surface area contributed by atoms with Gasteiger partial charge in [-0.3, -0.25) is 4.68 Å². The molecule has 7 heteroatoms. The average molecular weight is 374 g/mol. The maximum atomic E-state index is 9.62. The Morgan fingerprint density at radius 1 is 1.32 bits per heavy atom. The molecule has 7 nitrogen and oxygen atoms in total. The zero-order valence-corrected chi connectivity index (χ0v) is 16.2. The van der Waals surface area contributed by atoms with Crippen LogP contribution in [0.4, 0.5) is 5.82 Å². The van der Waals surface area contributed by atoms with E-state index in [4.69, 9.17) is 10.5 Å². The van der Waals surface area contributed by atoms with E-state index in [2.05, 4.69) is 46.3 Å². The minimum atomic E-state index is -0.218. The summed E-state index contributed by atoms with van der Waals surface area (Å²) in [5.41, 5.74) is 12.1. The van der Waals surface area contributed by atoms with E-state index in [1.165, 1.54) is 11.1 Å². The first kappa shape index (κ1) is 18.0. The maximum absolute atomic E-state index is 9.62. The smallest absolute Gasteiger partial charge is 0.258 e. The molecule has 1 aliphatic heterocycles. The van der Waals surface area contributed by atoms with Gasteiger partial charge in [0.2, 0.25) is 0 Å². The number of hydrogen-bond donors (Lipinski definition) is 1. The van der Waals surface area contributed by atoms with E-state index in [1.54, 1.807) is 17.9 Å². The molecule has 1 aromatic carbocycles. The summed E-state index contributed by atoms with van der Waals surface area (Å²) in [6.45, 7) is 4.07. The third kappa shape index (κ3) is 3.07. The van der Waals surface area contributed by atoms with Gasteiger partial charge < -0.3 is 10.5 Å². The van der Waals surface area contributed by atoms with E-state index in [9.17, 15) is 5.26 Å². The Kier molecular flexibility index (Phi) is 4.47. The molecule has 2 bridgehead atoms. The van der Waals surface area contributed by atoms with Gasteiger partial charge in [-0.2, -0.15) is 10.4 Å². The lowest BCUT2D eigenvalue weighted by molar-refractivity contribution is 0.217. The molecule has 28 heavy (non-hydrogen) atoms. The predicted octanol–water partition coefficient (Wildman–Crippen LogP) is 3.27. The predicted molar refractivity (Wildman–Crippen MR) is 106 cm³/mol. The van der Waals surface area contributed by atoms with Crippen LogP contribution in [0.1, 0.15) is 47.5 Å². The summed E-state index contributed by atoms with van der Waals surface area (Å²) in [5.74, 6) is 0.502. The average Bonchev–Trinajstić information content (AvgIpc) is 2.99. The van der Waals surface area contributed by atoms with Crippen molar-refractivity contribution >= 4 is 5.82 Å². The van der Waals surface area contributed by atoms with Crippen LogP contribution in [-0.2, 0) is 19.9 Å². The van der Waals surface area contributed by atoms with Crippen molar-refractivity contribution in [2.24, 2.45) is 7.05 Å². The van der Waals surface area contributed by atoms with Gasteiger partial charge in [0.25, 0.3) is 5.88 Å². The number of nitrogens with two attached hydrogens (primary N) is 1. The highest BCUT2D eigenvalue weighted by Gasteiger charge is 2.23. The molecule has 0 saturated heterocycles. The van der Waals surface area contributed by atoms with Crippen LogP contribution in [0, 0.1) is 18.3 Å². The lowest BCUT2D eigenvalue weighted by atomic mass is 9.95. The number of benzene rings is 1. The zero-order valence-electron chi connectivity index (χ0n) is 16.2. The van der Waals surface area contributed by atoms with Crippen LogP contribution < -0.4 is 10.5 Å². The highest BCUT2D eigenvalue weighted by atomic mass is 16.5. The summed E-state index contributed by atoms with van der Waals surface area (Å²) in [4.78, 5) is 8.86. The minimum Gasteiger partial charge on any atom is -0.467 e. The second kappa shape index (κ2) is 6.97. The molecular weight excluding hydrogens is 352 g/mol. The van der Waals surface area contributed by atoms with E-state index >= 15 is 0 Å². The molecular formula is C21H22N6O. The van der Waals surface area contributed by atoms with Gasteiger partial charge in [-0.25, -0.2) is 9.97 Å². The molecule has 1 aliphatic rings. The summed E-state index contributed by atoms with van der Waals surface area (Å²) in [6.07, 6.45) is 3.92. The van der Waals surface area contributed by atoms with Gasteiger partial charge in [0.05, 0.1) is 23.1 Å². The van der Waals surface area contributed by atoms with E-state index in [0.717, 1.165) is 30.5 Å². The zero-order chi connectivity index (χ0) is 19.8. The molecule has 0 spiro atoms. The number of aromatic nitrogens is 4. The van der Waals surface area contributed by atoms with Crippen LogP contribution in [0.2, 0.25) is 0 Å². The first-order chi connectivity index (χ1) is 13.5. The summed E-state index contributed by atoms with van der Waals surface area (Å²) >= 11 is 0. The summed E-state index contributed by atoms with van der Waals surface area (Å²) in [5, 5.41) is 14.2. The van der Waals surface area contributed by atoms with Gasteiger partial charge >= 0.3 is 0 Å². The van der Waals surface area contributed by atoms with Crippen molar-refractivity contribution in [2.45, 2.75) is 39.2 Å². The van der Waals surface area contributed by atoms with Gasteiger partial charge in [-0.05, 0) is 44.2 Å². The molecule has 0 radical (unpaired) electrons. The maximum Gasteiger partial charge on any atom is 0.258 e. The third-order valence-corrected chi connectivity index (χ3v) is 5.14. The van der Waals surface area contributed by atoms with Gasteiger partial charge in [0.1, 0.15) is 17.9 Å². The van der Waals surface area contributed by atoms with Gasteiger partial charge in [0, 0.05) is 7.05 Å². The molecule has 1 atom stereocenters. The number of nitriles is 1. The molecule has 0 unspecified atom stereocenters. The van der Waals surface area contributed by atoms with E-state index in [1.807, 2.05) is 6.92 Å². The Hall–Kier alpha value is -3.40. The Bertz CT molecular complexity index is 1100. The minimum absolute atomic E-state index is 0.218. The van der Waals surface area contributed by atoms with Crippen molar-refractivity contribution < 1.29 is 4.74 Å². The lowest BCUT2D eigenvalue weighted by Gasteiger charge is -2.20. The van der Waals surface area contributed by atoms with Crippen molar-refractivity contribution in [3.8, 4) is 23.2 Å². The van der Waals surface area contributed by atoms with Gasteiger partial charge in [0.15, 0.2) is 5.82 Å². The van der Waals surface area contributed by atoms with E-state index in [0.29, 0.717) is 17.0 Å². The number of nitrogens with zero attached hydrogens (tertiary/aromatic N) is 5. The molecule has 4 rings (SSSR count). The molecule has 0 amide bonds. The quantitative estimate of drug-likeness (QED) is 0.648. The number of fused-ring (bicyclic) bond motifs is 5. The second-order valence-corrected chi connectivity index (χ2v) is 7.17. The largest absolute Gasteiger partial charge is 0.467 e. The Balaban J connectivity index is 1.90. The highest BCUT2D eigenvalue weighted by molar-refractivity contribution is 5.69. The number of hydrogen-bond acceptors (Lipinski definition) is 6. The Labute approximate surface area is 163 Å². The summed E-state index contributed by atoms with van der Waals surface area (Å²) in [6, 6.07) is 8.65. The lowest BCUT2D eigenvalue weighted by Crippen LogP contribution is -2.11. The summed E-state index contributed by atoms with van der Waals surface area (Å²) in [7, 11) is 1.77. The molecule has 0 aliphatic carbocycles. The van der Waals surface area contributed by atoms with Crippen LogP contribution in [-0.4, -0.2) is 19.7 Å². The fourth-order valence-electron chi connectivity index (χ4n) is 3.74. The normalized spacial score (nSPS) is 16.0. The third-order valence-electron chi connectivity index (χ3n) is 5.14. The fraction of sp³-hybridized carbons (Fsp3) is 0.333. The molecule has 3 heterocycles. The van der Waals surface area contributed by atoms with Crippen molar-refractivity contribution in [3.05, 3.63) is 52.5 Å². The van der Waals surface area contributed by atoms with Crippen molar-refractivity contribution in [1.82, 2.24) is 19.7 Å². The molecule has 3 aromatic rings. The number of rotatable bonds is 0. The number of ether oxygens (including phenoxy) is 1. The van der Waals surface area contributed by atoms with Crippen molar-refractivity contribution in [3.63, 3.8) is 0 Å². The SMILES string of the molecule is Cc1ccc2c(c1)[C@@H](C)Oc1nc(cnc1N)-c1c(nn(C)c1C#N)CCC2. The van der Waals surface area contributed by atoms with Crippen LogP contribution >= 0.6 is 0 Å². The Morgan fingerprint density at radius 3 is 2.93 bits per heavy atom. The van der Waals surface area contributed by atoms with E-state index in [-0.39, 0.29) is 17.8 Å². The van der Waals surface area contributed by atoms with E-state index < -0.39 is 0 Å². The van der Waals surface area contributed by atoms with Crippen molar-refractivity contribution in [2.75, 3.05) is 5.73 Å². The van der Waals surface area contributed by atoms with Crippen LogP contribution in [0.25, 0.3) is 11.3 Å². The van der Waals surface area contributed by atoms with Gasteiger partial charge in [-0.1, -0.05) is 23.8 Å². The highest BCUT2D eigenvalue weighted by Crippen LogP contribution is 2.33. The van der Waals surface area contributed by atoms with Crippen LogP contribution in [0.15, 0.2) is 24.4 Å². The first-order valence-electron chi connectivity index (χ1n) is 9.33. The number of anilines is 1. The number of nitrogen functional groups attached to an aromatic ring is 1. The van der Waals surface area contributed by atoms with Crippen molar-refractivity contribution in [1.29, 1.82) is 5.26 Å². The second-order valence-electron chi connectivity index (χ2n) is 7.17. The monoisotopic (exact) mass is 374 g/mol. The molecule has 0 saturated carbocycles. The molecule has 142 valence electrons. The number of aryl methyl sites for hydroxylation is 4. The molecule has 2 N–H and O–H groups in total. The van der Waals surface area contributed by atoms with Crippen LogP contribution in [0.3, 0.4) is 0 Å². The topological polar surface area (TPSA) is 103 Å². The molecule has 2 aromatic heterocycles. The fourth-order valence-corrected chi connectivity index (χ4v) is 3.74. The van der Waals surface area contributed by atoms with Crippen LogP contribution in [0.5, 0.6) is 5.88 Å².